The Hall–Kier alpha value is -1.06. The summed E-state index contributed by atoms with van der Waals surface area (Å²) in [5.41, 5.74) is 7.57. The van der Waals surface area contributed by atoms with Gasteiger partial charge in [-0.3, -0.25) is 0 Å². The number of methoxy groups -OCH3 is 1. The first-order valence-corrected chi connectivity index (χ1v) is 6.51. The van der Waals surface area contributed by atoms with Gasteiger partial charge < -0.3 is 15.4 Å². The van der Waals surface area contributed by atoms with Crippen molar-refractivity contribution >= 4 is 0 Å². The lowest BCUT2D eigenvalue weighted by Crippen LogP contribution is -2.29. The Labute approximate surface area is 110 Å². The fourth-order valence-electron chi connectivity index (χ4n) is 2.71. The van der Waals surface area contributed by atoms with E-state index in [1.165, 1.54) is 11.5 Å². The SMILES string of the molecule is COc1cccc(C2CN(C[C](C)C)CC2N)c1. The van der Waals surface area contributed by atoms with Gasteiger partial charge >= 0.3 is 0 Å². The molecular weight excluding hydrogens is 224 g/mol. The Balaban J connectivity index is 2.08. The van der Waals surface area contributed by atoms with Gasteiger partial charge in [-0.05, 0) is 23.6 Å². The van der Waals surface area contributed by atoms with Crippen molar-refractivity contribution in [3.63, 3.8) is 0 Å². The molecule has 0 spiro atoms. The minimum Gasteiger partial charge on any atom is -0.497 e. The van der Waals surface area contributed by atoms with E-state index in [0.717, 1.165) is 25.4 Å². The van der Waals surface area contributed by atoms with Crippen molar-refractivity contribution in [2.45, 2.75) is 25.8 Å². The maximum absolute atomic E-state index is 6.28. The van der Waals surface area contributed by atoms with Crippen molar-refractivity contribution in [3.8, 4) is 5.75 Å². The molecule has 18 heavy (non-hydrogen) atoms. The molecule has 2 rings (SSSR count). The van der Waals surface area contributed by atoms with E-state index in [1.807, 2.05) is 12.1 Å². The third-order valence-corrected chi connectivity index (χ3v) is 3.50. The van der Waals surface area contributed by atoms with Crippen LogP contribution in [0.3, 0.4) is 0 Å². The average Bonchev–Trinajstić information content (AvgIpc) is 2.69. The fourth-order valence-corrected chi connectivity index (χ4v) is 2.71. The highest BCUT2D eigenvalue weighted by Gasteiger charge is 2.31. The minimum absolute atomic E-state index is 0.219. The van der Waals surface area contributed by atoms with E-state index < -0.39 is 0 Å². The predicted octanol–water partition coefficient (Wildman–Crippen LogP) is 2.04. The average molecular weight is 247 g/mol. The molecule has 3 heteroatoms. The predicted molar refractivity (Wildman–Crippen MR) is 74.7 cm³/mol. The second kappa shape index (κ2) is 5.72. The molecule has 2 unspecified atom stereocenters. The summed E-state index contributed by atoms with van der Waals surface area (Å²) >= 11 is 0. The maximum Gasteiger partial charge on any atom is 0.119 e. The van der Waals surface area contributed by atoms with Crippen LogP contribution in [0.1, 0.15) is 25.3 Å². The third-order valence-electron chi connectivity index (χ3n) is 3.50. The van der Waals surface area contributed by atoms with Crippen molar-refractivity contribution in [2.75, 3.05) is 26.7 Å². The summed E-state index contributed by atoms with van der Waals surface area (Å²) in [6.45, 7) is 7.41. The Morgan fingerprint density at radius 1 is 1.39 bits per heavy atom. The standard InChI is InChI=1S/C15H23N2O/c1-11(2)8-17-9-14(15(16)10-17)12-5-4-6-13(7-12)18-3/h4-7,14-15H,8-10,16H2,1-3H3. The molecule has 1 fully saturated rings. The summed E-state index contributed by atoms with van der Waals surface area (Å²) in [4.78, 5) is 2.43. The number of likely N-dealkylation sites (tertiary alicyclic amines) is 1. The van der Waals surface area contributed by atoms with Crippen LogP contribution in [-0.4, -0.2) is 37.7 Å². The van der Waals surface area contributed by atoms with Gasteiger partial charge in [0.15, 0.2) is 0 Å². The van der Waals surface area contributed by atoms with Gasteiger partial charge in [0, 0.05) is 31.6 Å². The van der Waals surface area contributed by atoms with Crippen LogP contribution in [0.2, 0.25) is 0 Å². The zero-order valence-corrected chi connectivity index (χ0v) is 11.5. The van der Waals surface area contributed by atoms with Crippen molar-refractivity contribution in [3.05, 3.63) is 35.7 Å². The number of rotatable bonds is 4. The lowest BCUT2D eigenvalue weighted by atomic mass is 9.95. The monoisotopic (exact) mass is 247 g/mol. The molecule has 0 bridgehead atoms. The fraction of sp³-hybridized carbons (Fsp3) is 0.533. The summed E-state index contributed by atoms with van der Waals surface area (Å²) in [6, 6.07) is 8.50. The number of benzene rings is 1. The van der Waals surface area contributed by atoms with Gasteiger partial charge in [0.25, 0.3) is 0 Å². The van der Waals surface area contributed by atoms with Gasteiger partial charge in [-0.2, -0.15) is 0 Å². The smallest absolute Gasteiger partial charge is 0.119 e. The van der Waals surface area contributed by atoms with Gasteiger partial charge in [-0.1, -0.05) is 26.0 Å². The highest BCUT2D eigenvalue weighted by Crippen LogP contribution is 2.29. The van der Waals surface area contributed by atoms with Gasteiger partial charge in [0.05, 0.1) is 7.11 Å². The minimum atomic E-state index is 0.219. The summed E-state index contributed by atoms with van der Waals surface area (Å²) in [6.07, 6.45) is 0. The van der Waals surface area contributed by atoms with Crippen molar-refractivity contribution in [2.24, 2.45) is 5.73 Å². The molecule has 1 saturated heterocycles. The molecule has 1 radical (unpaired) electrons. The number of hydrogen-bond donors (Lipinski definition) is 1. The molecule has 1 aromatic rings. The number of hydrogen-bond acceptors (Lipinski definition) is 3. The third kappa shape index (κ3) is 3.03. The molecule has 0 aliphatic carbocycles. The van der Waals surface area contributed by atoms with E-state index in [9.17, 15) is 0 Å². The molecule has 2 atom stereocenters. The van der Waals surface area contributed by atoms with Gasteiger partial charge in [-0.15, -0.1) is 0 Å². The topological polar surface area (TPSA) is 38.5 Å². The zero-order valence-electron chi connectivity index (χ0n) is 11.5. The number of nitrogens with zero attached hydrogens (tertiary/aromatic N) is 1. The van der Waals surface area contributed by atoms with Crippen LogP contribution in [0.5, 0.6) is 5.75 Å². The van der Waals surface area contributed by atoms with Gasteiger partial charge in [-0.25, -0.2) is 0 Å². The van der Waals surface area contributed by atoms with Crippen molar-refractivity contribution < 1.29 is 4.74 Å². The molecule has 2 N–H and O–H groups in total. The highest BCUT2D eigenvalue weighted by molar-refractivity contribution is 5.32. The molecule has 1 heterocycles. The number of ether oxygens (including phenoxy) is 1. The quantitative estimate of drug-likeness (QED) is 0.885. The Morgan fingerprint density at radius 2 is 2.17 bits per heavy atom. The maximum atomic E-state index is 6.28. The molecule has 1 aromatic carbocycles. The molecule has 0 amide bonds. The van der Waals surface area contributed by atoms with Crippen molar-refractivity contribution in [1.82, 2.24) is 4.90 Å². The van der Waals surface area contributed by atoms with E-state index in [1.54, 1.807) is 7.11 Å². The summed E-state index contributed by atoms with van der Waals surface area (Å²) in [5, 5.41) is 0. The molecule has 3 nitrogen and oxygen atoms in total. The molecule has 0 aromatic heterocycles. The molecule has 0 saturated carbocycles. The van der Waals surface area contributed by atoms with Crippen LogP contribution >= 0.6 is 0 Å². The van der Waals surface area contributed by atoms with Crippen LogP contribution in [-0.2, 0) is 0 Å². The Bertz CT molecular complexity index is 392. The van der Waals surface area contributed by atoms with E-state index in [4.69, 9.17) is 10.5 Å². The normalized spacial score (nSPS) is 24.7. The first kappa shape index (κ1) is 13.4. The Kier molecular flexibility index (Phi) is 4.25. The van der Waals surface area contributed by atoms with E-state index in [-0.39, 0.29) is 6.04 Å². The van der Waals surface area contributed by atoms with Crippen LogP contribution in [0, 0.1) is 5.92 Å². The van der Waals surface area contributed by atoms with Crippen LogP contribution in [0.4, 0.5) is 0 Å². The molecule has 99 valence electrons. The van der Waals surface area contributed by atoms with Crippen molar-refractivity contribution in [1.29, 1.82) is 0 Å². The summed E-state index contributed by atoms with van der Waals surface area (Å²) in [7, 11) is 1.70. The van der Waals surface area contributed by atoms with E-state index >= 15 is 0 Å². The first-order chi connectivity index (χ1) is 8.60. The van der Waals surface area contributed by atoms with E-state index in [0.29, 0.717) is 5.92 Å². The molecule has 1 aliphatic heterocycles. The second-order valence-electron chi connectivity index (χ2n) is 5.45. The lowest BCUT2D eigenvalue weighted by Gasteiger charge is -2.18. The van der Waals surface area contributed by atoms with Gasteiger partial charge in [0.2, 0.25) is 0 Å². The number of nitrogens with two attached hydrogens (primary N) is 1. The van der Waals surface area contributed by atoms with Crippen LogP contribution in [0.25, 0.3) is 0 Å². The summed E-state index contributed by atoms with van der Waals surface area (Å²) < 4.78 is 5.28. The summed E-state index contributed by atoms with van der Waals surface area (Å²) in [5.74, 6) is 2.77. The second-order valence-corrected chi connectivity index (χ2v) is 5.45. The van der Waals surface area contributed by atoms with Crippen LogP contribution in [0.15, 0.2) is 24.3 Å². The molecule has 1 aliphatic rings. The Morgan fingerprint density at radius 3 is 2.83 bits per heavy atom. The first-order valence-electron chi connectivity index (χ1n) is 6.51. The molecular formula is C15H23N2O. The van der Waals surface area contributed by atoms with Gasteiger partial charge in [0.1, 0.15) is 5.75 Å². The van der Waals surface area contributed by atoms with E-state index in [2.05, 4.69) is 30.9 Å². The highest BCUT2D eigenvalue weighted by atomic mass is 16.5. The largest absolute Gasteiger partial charge is 0.497 e. The van der Waals surface area contributed by atoms with Crippen LogP contribution < -0.4 is 10.5 Å². The zero-order chi connectivity index (χ0) is 13.1. The lowest BCUT2D eigenvalue weighted by molar-refractivity contribution is 0.344.